The van der Waals surface area contributed by atoms with E-state index in [1.807, 2.05) is 0 Å². The van der Waals surface area contributed by atoms with Gasteiger partial charge in [0.2, 0.25) is 0 Å². The summed E-state index contributed by atoms with van der Waals surface area (Å²) in [6.07, 6.45) is 2.15. The molecule has 2 heterocycles. The quantitative estimate of drug-likeness (QED) is 0.517. The Morgan fingerprint density at radius 1 is 1.17 bits per heavy atom. The van der Waals surface area contributed by atoms with E-state index in [9.17, 15) is 0 Å². The second-order valence-electron chi connectivity index (χ2n) is 5.83. The predicted octanol–water partition coefficient (Wildman–Crippen LogP) is 5.58. The topological polar surface area (TPSA) is 30.7 Å². The summed E-state index contributed by atoms with van der Waals surface area (Å²) >= 11 is 3.58. The molecule has 3 nitrogen and oxygen atoms in total. The van der Waals surface area contributed by atoms with Crippen LogP contribution in [-0.2, 0) is 18.7 Å². The molecule has 0 unspecified atom stereocenters. The van der Waals surface area contributed by atoms with E-state index in [-0.39, 0.29) is 0 Å². The van der Waals surface area contributed by atoms with E-state index in [4.69, 9.17) is 0 Å². The molecule has 5 heteroatoms. The number of thiophene rings is 1. The van der Waals surface area contributed by atoms with Crippen molar-refractivity contribution >= 4 is 23.1 Å². The van der Waals surface area contributed by atoms with Crippen LogP contribution in [0.4, 0.5) is 0 Å². The Labute approximate surface area is 152 Å². The van der Waals surface area contributed by atoms with Crippen molar-refractivity contribution in [1.82, 2.24) is 14.8 Å². The number of thioether (sulfide) groups is 1. The second-order valence-corrected chi connectivity index (χ2v) is 7.77. The van der Waals surface area contributed by atoms with Crippen LogP contribution in [-0.4, -0.2) is 14.8 Å². The summed E-state index contributed by atoms with van der Waals surface area (Å²) < 4.78 is 2.27. The monoisotopic (exact) mass is 357 g/mol. The van der Waals surface area contributed by atoms with Crippen molar-refractivity contribution in [1.29, 1.82) is 0 Å². The van der Waals surface area contributed by atoms with Crippen LogP contribution in [0.15, 0.2) is 40.9 Å². The third kappa shape index (κ3) is 3.73. The first-order valence-corrected chi connectivity index (χ1v) is 10.3. The molecule has 0 fully saturated rings. The van der Waals surface area contributed by atoms with Crippen molar-refractivity contribution in [3.05, 3.63) is 51.7 Å². The van der Waals surface area contributed by atoms with Crippen molar-refractivity contribution in [2.75, 3.05) is 0 Å². The van der Waals surface area contributed by atoms with Gasteiger partial charge in [-0.15, -0.1) is 21.5 Å². The number of aryl methyl sites for hydroxylation is 2. The Hall–Kier alpha value is -1.59. The minimum atomic E-state index is 0.929. The molecular formula is C19H23N3S2. The molecule has 0 aliphatic heterocycles. The molecule has 0 aliphatic rings. The number of aromatic nitrogens is 3. The minimum absolute atomic E-state index is 0.929. The van der Waals surface area contributed by atoms with Gasteiger partial charge in [-0.1, -0.05) is 49.9 Å². The molecule has 0 N–H and O–H groups in total. The maximum absolute atomic E-state index is 4.49. The van der Waals surface area contributed by atoms with E-state index in [1.54, 1.807) is 23.1 Å². The fourth-order valence-electron chi connectivity index (χ4n) is 2.63. The summed E-state index contributed by atoms with van der Waals surface area (Å²) in [5.74, 6) is 1.93. The lowest BCUT2D eigenvalue weighted by Crippen LogP contribution is -2.01. The zero-order chi connectivity index (χ0) is 16.9. The molecule has 0 spiro atoms. The summed E-state index contributed by atoms with van der Waals surface area (Å²) in [5, 5.41) is 12.2. The van der Waals surface area contributed by atoms with Crippen LogP contribution in [0.5, 0.6) is 0 Å². The lowest BCUT2D eigenvalue weighted by atomic mass is 10.1. The fourth-order valence-corrected chi connectivity index (χ4v) is 4.49. The zero-order valence-electron chi connectivity index (χ0n) is 14.5. The van der Waals surface area contributed by atoms with E-state index in [2.05, 4.69) is 71.2 Å². The first-order valence-electron chi connectivity index (χ1n) is 8.41. The van der Waals surface area contributed by atoms with Crippen LogP contribution >= 0.6 is 23.1 Å². The summed E-state index contributed by atoms with van der Waals surface area (Å²) in [4.78, 5) is 1.39. The molecule has 0 saturated carbocycles. The maximum Gasteiger partial charge on any atom is 0.191 e. The van der Waals surface area contributed by atoms with E-state index in [1.165, 1.54) is 21.6 Å². The van der Waals surface area contributed by atoms with Crippen LogP contribution in [0.1, 0.15) is 36.3 Å². The van der Waals surface area contributed by atoms with E-state index >= 15 is 0 Å². The Kier molecular flexibility index (Phi) is 5.74. The lowest BCUT2D eigenvalue weighted by molar-refractivity contribution is 0.626. The molecule has 3 aromatic rings. The molecule has 0 radical (unpaired) electrons. The second kappa shape index (κ2) is 7.99. The smallest absolute Gasteiger partial charge is 0.191 e. The first-order chi connectivity index (χ1) is 11.7. The molecule has 0 amide bonds. The average molecular weight is 358 g/mol. The van der Waals surface area contributed by atoms with Crippen LogP contribution in [0.25, 0.3) is 11.4 Å². The van der Waals surface area contributed by atoms with Gasteiger partial charge in [-0.05, 0) is 37.0 Å². The van der Waals surface area contributed by atoms with Gasteiger partial charge >= 0.3 is 0 Å². The first kappa shape index (κ1) is 17.2. The van der Waals surface area contributed by atoms with Crippen molar-refractivity contribution in [3.8, 4) is 11.4 Å². The van der Waals surface area contributed by atoms with Gasteiger partial charge in [0, 0.05) is 28.1 Å². The minimum Gasteiger partial charge on any atom is -0.302 e. The third-order valence-electron chi connectivity index (χ3n) is 4.04. The van der Waals surface area contributed by atoms with Crippen molar-refractivity contribution < 1.29 is 0 Å². The summed E-state index contributed by atoms with van der Waals surface area (Å²) in [6, 6.07) is 10.8. The number of benzene rings is 1. The molecule has 3 rings (SSSR count). The standard InChI is InChI=1S/C19H23N3S2/c1-4-10-22-18(16-11-17(5-2)23-13-16)20-21-19(22)24-12-15-9-7-6-8-14(15)3/h6-9,11,13H,4-5,10,12H2,1-3H3. The van der Waals surface area contributed by atoms with Crippen LogP contribution in [0.2, 0.25) is 0 Å². The van der Waals surface area contributed by atoms with Crippen molar-refractivity contribution in [2.45, 2.75) is 51.1 Å². The molecular weight excluding hydrogens is 334 g/mol. The molecule has 0 bridgehead atoms. The largest absolute Gasteiger partial charge is 0.302 e. The normalized spacial score (nSPS) is 11.1. The molecule has 0 atom stereocenters. The number of rotatable bonds is 7. The maximum atomic E-state index is 4.49. The predicted molar refractivity (Wildman–Crippen MR) is 104 cm³/mol. The Bertz CT molecular complexity index is 805. The van der Waals surface area contributed by atoms with Gasteiger partial charge in [0.05, 0.1) is 0 Å². The highest BCUT2D eigenvalue weighted by Crippen LogP contribution is 2.30. The Morgan fingerprint density at radius 3 is 2.71 bits per heavy atom. The number of nitrogens with zero attached hydrogens (tertiary/aromatic N) is 3. The van der Waals surface area contributed by atoms with E-state index in [0.717, 1.165) is 36.1 Å². The molecule has 2 aromatic heterocycles. The summed E-state index contributed by atoms with van der Waals surface area (Å²) in [7, 11) is 0. The molecule has 24 heavy (non-hydrogen) atoms. The van der Waals surface area contributed by atoms with Gasteiger partial charge in [-0.2, -0.15) is 0 Å². The fraction of sp³-hybridized carbons (Fsp3) is 0.368. The van der Waals surface area contributed by atoms with Crippen molar-refractivity contribution in [2.24, 2.45) is 0 Å². The number of hydrogen-bond acceptors (Lipinski definition) is 4. The van der Waals surface area contributed by atoms with Crippen LogP contribution in [0, 0.1) is 6.92 Å². The van der Waals surface area contributed by atoms with E-state index < -0.39 is 0 Å². The van der Waals surface area contributed by atoms with Gasteiger partial charge in [0.15, 0.2) is 11.0 Å². The van der Waals surface area contributed by atoms with Gasteiger partial charge in [-0.25, -0.2) is 0 Å². The average Bonchev–Trinajstić information content (AvgIpc) is 3.21. The van der Waals surface area contributed by atoms with Crippen molar-refractivity contribution in [3.63, 3.8) is 0 Å². The highest BCUT2D eigenvalue weighted by atomic mass is 32.2. The summed E-state index contributed by atoms with van der Waals surface area (Å²) in [6.45, 7) is 7.51. The van der Waals surface area contributed by atoms with Gasteiger partial charge in [0.1, 0.15) is 0 Å². The molecule has 0 saturated heterocycles. The van der Waals surface area contributed by atoms with Gasteiger partial charge in [0.25, 0.3) is 0 Å². The van der Waals surface area contributed by atoms with Crippen LogP contribution in [0.3, 0.4) is 0 Å². The molecule has 0 aliphatic carbocycles. The van der Waals surface area contributed by atoms with Gasteiger partial charge in [-0.3, -0.25) is 0 Å². The van der Waals surface area contributed by atoms with Gasteiger partial charge < -0.3 is 4.57 Å². The lowest BCUT2D eigenvalue weighted by Gasteiger charge is -2.09. The Morgan fingerprint density at radius 2 is 2.00 bits per heavy atom. The summed E-state index contributed by atoms with van der Waals surface area (Å²) in [5.41, 5.74) is 3.89. The highest BCUT2D eigenvalue weighted by molar-refractivity contribution is 7.98. The molecule has 126 valence electrons. The number of hydrogen-bond donors (Lipinski definition) is 0. The zero-order valence-corrected chi connectivity index (χ0v) is 16.1. The Balaban J connectivity index is 1.84. The highest BCUT2D eigenvalue weighted by Gasteiger charge is 2.15. The molecule has 1 aromatic carbocycles. The van der Waals surface area contributed by atoms with E-state index in [0.29, 0.717) is 0 Å². The van der Waals surface area contributed by atoms with Crippen LogP contribution < -0.4 is 0 Å². The third-order valence-corrected chi connectivity index (χ3v) is 6.14. The SMILES string of the molecule is CCCn1c(SCc2ccccc2C)nnc1-c1csc(CC)c1.